The summed E-state index contributed by atoms with van der Waals surface area (Å²) in [5, 5.41) is 0. The average molecular weight is 256 g/mol. The second-order valence-corrected chi connectivity index (χ2v) is 4.37. The van der Waals surface area contributed by atoms with Crippen molar-refractivity contribution in [2.75, 3.05) is 0 Å². The van der Waals surface area contributed by atoms with E-state index in [9.17, 15) is 0 Å². The Labute approximate surface area is 92.3 Å². The van der Waals surface area contributed by atoms with Crippen LogP contribution in [0.5, 0.6) is 0 Å². The first-order valence-electron chi connectivity index (χ1n) is 4.96. The maximum absolute atomic E-state index is 6.16. The zero-order valence-electron chi connectivity index (χ0n) is 8.00. The lowest BCUT2D eigenvalue weighted by atomic mass is 9.91. The van der Waals surface area contributed by atoms with Crippen LogP contribution in [0.4, 0.5) is 0 Å². The maximum atomic E-state index is 6.16. The Bertz CT molecular complexity index is 343. The van der Waals surface area contributed by atoms with Crippen LogP contribution < -0.4 is 5.73 Å². The number of allylic oxidation sites excluding steroid dienone is 1. The van der Waals surface area contributed by atoms with Crippen LogP contribution >= 0.6 is 15.9 Å². The van der Waals surface area contributed by atoms with Crippen LogP contribution in [0.15, 0.2) is 33.1 Å². The number of nitrogens with two attached hydrogens (primary N) is 1. The predicted octanol–water partition coefficient (Wildman–Crippen LogP) is 3.54. The molecule has 76 valence electrons. The quantitative estimate of drug-likeness (QED) is 0.822. The number of halogens is 1. The highest BCUT2D eigenvalue weighted by Crippen LogP contribution is 2.32. The molecule has 2 rings (SSSR count). The fourth-order valence-electron chi connectivity index (χ4n) is 1.87. The van der Waals surface area contributed by atoms with Crippen LogP contribution in [0.2, 0.25) is 0 Å². The third-order valence-corrected chi connectivity index (χ3v) is 3.35. The summed E-state index contributed by atoms with van der Waals surface area (Å²) in [6.45, 7) is 0. The first-order chi connectivity index (χ1) is 6.79. The lowest BCUT2D eigenvalue weighted by Crippen LogP contribution is -2.14. The minimum Gasteiger partial charge on any atom is -0.457 e. The number of hydrogen-bond acceptors (Lipinski definition) is 2. The normalized spacial score (nSPS) is 19.1. The molecule has 2 N–H and O–H groups in total. The van der Waals surface area contributed by atoms with Gasteiger partial charge in [0.1, 0.15) is 0 Å². The summed E-state index contributed by atoms with van der Waals surface area (Å²) in [7, 11) is 0. The van der Waals surface area contributed by atoms with Crippen molar-refractivity contribution in [2.45, 2.75) is 31.7 Å². The minimum atomic E-state index is 0.00317. The molecule has 1 aliphatic rings. The Morgan fingerprint density at radius 2 is 2.29 bits per heavy atom. The van der Waals surface area contributed by atoms with Gasteiger partial charge < -0.3 is 10.2 Å². The summed E-state index contributed by atoms with van der Waals surface area (Å²) in [6, 6.07) is 1.94. The van der Waals surface area contributed by atoms with E-state index in [4.69, 9.17) is 10.2 Å². The van der Waals surface area contributed by atoms with Gasteiger partial charge in [-0.3, -0.25) is 0 Å². The zero-order chi connectivity index (χ0) is 9.97. The van der Waals surface area contributed by atoms with Gasteiger partial charge >= 0.3 is 0 Å². The molecule has 1 atom stereocenters. The highest BCUT2D eigenvalue weighted by molar-refractivity contribution is 9.10. The molecule has 1 aliphatic carbocycles. The first kappa shape index (κ1) is 9.99. The van der Waals surface area contributed by atoms with Crippen molar-refractivity contribution >= 4 is 15.9 Å². The smallest absolute Gasteiger partial charge is 0.174 e. The molecule has 0 saturated heterocycles. The van der Waals surface area contributed by atoms with Gasteiger partial charge in [-0.05, 0) is 47.7 Å². The molecule has 0 aromatic carbocycles. The lowest BCUT2D eigenvalue weighted by molar-refractivity contribution is 0.532. The van der Waals surface area contributed by atoms with E-state index in [0.29, 0.717) is 0 Å². The highest BCUT2D eigenvalue weighted by atomic mass is 79.9. The van der Waals surface area contributed by atoms with Gasteiger partial charge in [-0.1, -0.05) is 11.6 Å². The average Bonchev–Trinajstić information content (AvgIpc) is 2.65. The zero-order valence-corrected chi connectivity index (χ0v) is 9.59. The van der Waals surface area contributed by atoms with Crippen LogP contribution in [-0.4, -0.2) is 0 Å². The van der Waals surface area contributed by atoms with Crippen molar-refractivity contribution in [3.8, 4) is 0 Å². The lowest BCUT2D eigenvalue weighted by Gasteiger charge is -2.18. The Morgan fingerprint density at radius 3 is 2.86 bits per heavy atom. The third-order valence-electron chi connectivity index (χ3n) is 2.71. The largest absolute Gasteiger partial charge is 0.457 e. The highest BCUT2D eigenvalue weighted by Gasteiger charge is 2.17. The minimum absolute atomic E-state index is 0.00317. The van der Waals surface area contributed by atoms with E-state index in [2.05, 4.69) is 22.0 Å². The van der Waals surface area contributed by atoms with Crippen molar-refractivity contribution in [1.29, 1.82) is 0 Å². The van der Waals surface area contributed by atoms with E-state index in [0.717, 1.165) is 16.7 Å². The molecular weight excluding hydrogens is 242 g/mol. The van der Waals surface area contributed by atoms with E-state index in [1.54, 1.807) is 6.26 Å². The second-order valence-electron chi connectivity index (χ2n) is 3.65. The molecule has 0 bridgehead atoms. The van der Waals surface area contributed by atoms with Gasteiger partial charge in [-0.25, -0.2) is 0 Å². The van der Waals surface area contributed by atoms with Crippen LogP contribution in [0.1, 0.15) is 37.3 Å². The summed E-state index contributed by atoms with van der Waals surface area (Å²) in [4.78, 5) is 0. The molecule has 0 saturated carbocycles. The molecule has 1 aromatic rings. The summed E-state index contributed by atoms with van der Waals surface area (Å²) < 4.78 is 5.95. The van der Waals surface area contributed by atoms with Gasteiger partial charge in [0, 0.05) is 5.56 Å². The van der Waals surface area contributed by atoms with Gasteiger partial charge in [0.2, 0.25) is 0 Å². The number of rotatable bonds is 2. The third kappa shape index (κ3) is 1.93. The maximum Gasteiger partial charge on any atom is 0.174 e. The molecular formula is C11H14BrNO. The van der Waals surface area contributed by atoms with Crippen LogP contribution in [0, 0.1) is 0 Å². The van der Waals surface area contributed by atoms with E-state index >= 15 is 0 Å². The molecule has 14 heavy (non-hydrogen) atoms. The molecule has 1 heterocycles. The monoisotopic (exact) mass is 255 g/mol. The van der Waals surface area contributed by atoms with Gasteiger partial charge in [0.05, 0.1) is 12.3 Å². The molecule has 3 heteroatoms. The van der Waals surface area contributed by atoms with Gasteiger partial charge in [0.25, 0.3) is 0 Å². The van der Waals surface area contributed by atoms with Crippen molar-refractivity contribution in [1.82, 2.24) is 0 Å². The standard InChI is InChI=1S/C11H14BrNO/c12-11-9(6-7-14-11)10(13)8-4-2-1-3-5-8/h4,6-7,10H,1-3,5,13H2. The van der Waals surface area contributed by atoms with Crippen molar-refractivity contribution in [3.63, 3.8) is 0 Å². The van der Waals surface area contributed by atoms with Crippen molar-refractivity contribution in [3.05, 3.63) is 34.2 Å². The van der Waals surface area contributed by atoms with Crippen molar-refractivity contribution in [2.24, 2.45) is 5.73 Å². The van der Waals surface area contributed by atoms with E-state index in [1.165, 1.54) is 24.8 Å². The second kappa shape index (κ2) is 4.32. The first-order valence-corrected chi connectivity index (χ1v) is 5.75. The molecule has 0 fully saturated rings. The fourth-order valence-corrected chi connectivity index (χ4v) is 2.36. The van der Waals surface area contributed by atoms with Crippen LogP contribution in [0.3, 0.4) is 0 Å². The Kier molecular flexibility index (Phi) is 3.08. The van der Waals surface area contributed by atoms with Gasteiger partial charge in [0.15, 0.2) is 4.67 Å². The molecule has 0 amide bonds. The van der Waals surface area contributed by atoms with E-state index in [-0.39, 0.29) is 6.04 Å². The topological polar surface area (TPSA) is 39.2 Å². The van der Waals surface area contributed by atoms with Gasteiger partial charge in [-0.2, -0.15) is 0 Å². The Morgan fingerprint density at radius 1 is 1.43 bits per heavy atom. The Balaban J connectivity index is 2.19. The molecule has 0 radical (unpaired) electrons. The summed E-state index contributed by atoms with van der Waals surface area (Å²) in [5.74, 6) is 0. The van der Waals surface area contributed by atoms with Gasteiger partial charge in [-0.15, -0.1) is 0 Å². The fraction of sp³-hybridized carbons (Fsp3) is 0.455. The molecule has 2 nitrogen and oxygen atoms in total. The summed E-state index contributed by atoms with van der Waals surface area (Å²) in [5.41, 5.74) is 8.56. The van der Waals surface area contributed by atoms with Crippen LogP contribution in [-0.2, 0) is 0 Å². The molecule has 1 aromatic heterocycles. The SMILES string of the molecule is NC(C1=CCCCC1)c1ccoc1Br. The van der Waals surface area contributed by atoms with E-state index < -0.39 is 0 Å². The molecule has 0 aliphatic heterocycles. The molecule has 1 unspecified atom stereocenters. The predicted molar refractivity (Wildman–Crippen MR) is 59.9 cm³/mol. The van der Waals surface area contributed by atoms with Crippen LogP contribution in [0.25, 0.3) is 0 Å². The summed E-state index contributed by atoms with van der Waals surface area (Å²) in [6.07, 6.45) is 8.78. The number of furan rings is 1. The Hall–Kier alpha value is -0.540. The van der Waals surface area contributed by atoms with E-state index in [1.807, 2.05) is 6.07 Å². The number of hydrogen-bond donors (Lipinski definition) is 1. The molecule has 0 spiro atoms. The summed E-state index contributed by atoms with van der Waals surface area (Å²) >= 11 is 3.36. The van der Waals surface area contributed by atoms with Crippen molar-refractivity contribution < 1.29 is 4.42 Å².